The van der Waals surface area contributed by atoms with E-state index in [1.807, 2.05) is 30.3 Å². The number of hydrogen-bond donors (Lipinski definition) is 0. The molecule has 28 heavy (non-hydrogen) atoms. The molecule has 0 bridgehead atoms. The first kappa shape index (κ1) is 18.2. The maximum atomic E-state index is 5.93. The third-order valence-corrected chi connectivity index (χ3v) is 5.11. The van der Waals surface area contributed by atoms with Crippen molar-refractivity contribution in [1.29, 1.82) is 0 Å². The van der Waals surface area contributed by atoms with E-state index in [1.165, 1.54) is 29.5 Å². The molecule has 0 saturated heterocycles. The maximum absolute atomic E-state index is 5.93. The van der Waals surface area contributed by atoms with Crippen molar-refractivity contribution >= 4 is 0 Å². The predicted octanol–water partition coefficient (Wildman–Crippen LogP) is 6.97. The van der Waals surface area contributed by atoms with Gasteiger partial charge < -0.3 is 4.42 Å². The second kappa shape index (κ2) is 8.22. The summed E-state index contributed by atoms with van der Waals surface area (Å²) in [6.07, 6.45) is 2.39. The SMILES string of the molecule is CCC[C@@H](C)c1ccc(-c2nnc(-c3ccc(-c4ccccc4)cc3)o2)cc1. The molecule has 0 radical (unpaired) electrons. The fourth-order valence-electron chi connectivity index (χ4n) is 3.45. The highest BCUT2D eigenvalue weighted by molar-refractivity contribution is 5.67. The lowest BCUT2D eigenvalue weighted by atomic mass is 9.96. The summed E-state index contributed by atoms with van der Waals surface area (Å²) in [5.74, 6) is 1.66. The highest BCUT2D eigenvalue weighted by atomic mass is 16.4. The smallest absolute Gasteiger partial charge is 0.248 e. The van der Waals surface area contributed by atoms with Crippen molar-refractivity contribution in [3.63, 3.8) is 0 Å². The maximum Gasteiger partial charge on any atom is 0.248 e. The summed E-state index contributed by atoms with van der Waals surface area (Å²) < 4.78 is 5.93. The first-order valence-corrected chi connectivity index (χ1v) is 9.84. The van der Waals surface area contributed by atoms with Crippen molar-refractivity contribution in [3.05, 3.63) is 84.4 Å². The summed E-state index contributed by atoms with van der Waals surface area (Å²) in [5, 5.41) is 8.47. The van der Waals surface area contributed by atoms with Crippen LogP contribution in [-0.4, -0.2) is 10.2 Å². The van der Waals surface area contributed by atoms with Crippen molar-refractivity contribution in [3.8, 4) is 34.0 Å². The van der Waals surface area contributed by atoms with Crippen molar-refractivity contribution in [1.82, 2.24) is 10.2 Å². The van der Waals surface area contributed by atoms with Crippen LogP contribution in [0, 0.1) is 0 Å². The highest BCUT2D eigenvalue weighted by Crippen LogP contribution is 2.28. The Bertz CT molecular complexity index is 1020. The van der Waals surface area contributed by atoms with E-state index in [-0.39, 0.29) is 0 Å². The summed E-state index contributed by atoms with van der Waals surface area (Å²) in [6, 6.07) is 27.0. The first-order chi connectivity index (χ1) is 13.7. The van der Waals surface area contributed by atoms with Gasteiger partial charge in [0.15, 0.2) is 0 Å². The van der Waals surface area contributed by atoms with Gasteiger partial charge in [-0.2, -0.15) is 0 Å². The van der Waals surface area contributed by atoms with Crippen LogP contribution in [0.5, 0.6) is 0 Å². The van der Waals surface area contributed by atoms with Gasteiger partial charge in [-0.25, -0.2) is 0 Å². The fourth-order valence-corrected chi connectivity index (χ4v) is 3.45. The molecule has 1 atom stereocenters. The van der Waals surface area contributed by atoms with Crippen LogP contribution in [0.3, 0.4) is 0 Å². The van der Waals surface area contributed by atoms with E-state index in [4.69, 9.17) is 4.42 Å². The van der Waals surface area contributed by atoms with Crippen LogP contribution in [0.4, 0.5) is 0 Å². The molecular weight excluding hydrogens is 344 g/mol. The summed E-state index contributed by atoms with van der Waals surface area (Å²) in [6.45, 7) is 4.49. The Kier molecular flexibility index (Phi) is 5.34. The van der Waals surface area contributed by atoms with Crippen LogP contribution in [-0.2, 0) is 0 Å². The van der Waals surface area contributed by atoms with Crippen molar-refractivity contribution in [2.45, 2.75) is 32.6 Å². The summed E-state index contributed by atoms with van der Waals surface area (Å²) in [5.41, 5.74) is 5.58. The minimum atomic E-state index is 0.540. The fraction of sp³-hybridized carbons (Fsp3) is 0.200. The van der Waals surface area contributed by atoms with Gasteiger partial charge in [0, 0.05) is 11.1 Å². The van der Waals surface area contributed by atoms with Crippen molar-refractivity contribution < 1.29 is 4.42 Å². The molecule has 0 amide bonds. The van der Waals surface area contributed by atoms with Gasteiger partial charge in [-0.3, -0.25) is 0 Å². The van der Waals surface area contributed by atoms with E-state index in [2.05, 4.69) is 72.6 Å². The lowest BCUT2D eigenvalue weighted by Crippen LogP contribution is -1.92. The molecule has 0 spiro atoms. The first-order valence-electron chi connectivity index (χ1n) is 9.84. The normalized spacial score (nSPS) is 12.1. The molecule has 140 valence electrons. The molecule has 0 fully saturated rings. The number of benzene rings is 3. The van der Waals surface area contributed by atoms with Crippen LogP contribution in [0.25, 0.3) is 34.0 Å². The van der Waals surface area contributed by atoms with Crippen LogP contribution in [0.1, 0.15) is 38.2 Å². The van der Waals surface area contributed by atoms with Crippen molar-refractivity contribution in [2.75, 3.05) is 0 Å². The third-order valence-electron chi connectivity index (χ3n) is 5.11. The Morgan fingerprint density at radius 1 is 0.679 bits per heavy atom. The minimum Gasteiger partial charge on any atom is -0.416 e. The zero-order chi connectivity index (χ0) is 19.3. The number of rotatable bonds is 6. The monoisotopic (exact) mass is 368 g/mol. The zero-order valence-electron chi connectivity index (χ0n) is 16.3. The molecule has 0 aliphatic carbocycles. The molecule has 4 rings (SSSR count). The van der Waals surface area contributed by atoms with Gasteiger partial charge >= 0.3 is 0 Å². The topological polar surface area (TPSA) is 38.9 Å². The summed E-state index contributed by atoms with van der Waals surface area (Å²) in [4.78, 5) is 0. The van der Waals surface area contributed by atoms with Crippen LogP contribution in [0.2, 0.25) is 0 Å². The molecule has 1 heterocycles. The third kappa shape index (κ3) is 3.89. The molecule has 3 nitrogen and oxygen atoms in total. The van der Waals surface area contributed by atoms with Crippen molar-refractivity contribution in [2.24, 2.45) is 0 Å². The Morgan fingerprint density at radius 3 is 1.75 bits per heavy atom. The second-order valence-corrected chi connectivity index (χ2v) is 7.17. The quantitative estimate of drug-likeness (QED) is 0.369. The Hall–Kier alpha value is -3.20. The number of aromatic nitrogens is 2. The molecule has 0 aliphatic rings. The Morgan fingerprint density at radius 2 is 1.18 bits per heavy atom. The standard InChI is InChI=1S/C25H24N2O/c1-3-7-18(2)19-10-14-22(15-11-19)24-26-27-25(28-24)23-16-12-21(13-17-23)20-8-5-4-6-9-20/h4-6,8-18H,3,7H2,1-2H3/t18-/m1/s1. The second-order valence-electron chi connectivity index (χ2n) is 7.17. The van der Waals surface area contributed by atoms with Gasteiger partial charge in [-0.15, -0.1) is 10.2 Å². The predicted molar refractivity (Wildman–Crippen MR) is 114 cm³/mol. The van der Waals surface area contributed by atoms with Gasteiger partial charge in [0.25, 0.3) is 0 Å². The Labute approximate surface area is 166 Å². The molecule has 3 aromatic carbocycles. The summed E-state index contributed by atoms with van der Waals surface area (Å²) >= 11 is 0. The van der Waals surface area contributed by atoms with Gasteiger partial charge in [0.1, 0.15) is 0 Å². The van der Waals surface area contributed by atoms with E-state index >= 15 is 0 Å². The van der Waals surface area contributed by atoms with E-state index in [1.54, 1.807) is 0 Å². The number of nitrogens with zero attached hydrogens (tertiary/aromatic N) is 2. The van der Waals surface area contributed by atoms with E-state index in [9.17, 15) is 0 Å². The molecule has 0 aliphatic heterocycles. The van der Waals surface area contributed by atoms with E-state index in [0.29, 0.717) is 17.7 Å². The van der Waals surface area contributed by atoms with E-state index < -0.39 is 0 Å². The van der Waals surface area contributed by atoms with Gasteiger partial charge in [0.05, 0.1) is 0 Å². The zero-order valence-corrected chi connectivity index (χ0v) is 16.3. The highest BCUT2D eigenvalue weighted by Gasteiger charge is 2.12. The van der Waals surface area contributed by atoms with E-state index in [0.717, 1.165) is 11.1 Å². The summed E-state index contributed by atoms with van der Waals surface area (Å²) in [7, 11) is 0. The average Bonchev–Trinajstić information content (AvgIpc) is 3.25. The Balaban J connectivity index is 1.53. The molecule has 0 N–H and O–H groups in total. The number of hydrogen-bond acceptors (Lipinski definition) is 3. The lowest BCUT2D eigenvalue weighted by molar-refractivity contribution is 0.584. The van der Waals surface area contributed by atoms with Crippen LogP contribution in [0.15, 0.2) is 83.3 Å². The lowest BCUT2D eigenvalue weighted by Gasteiger charge is -2.10. The molecule has 4 aromatic rings. The molecule has 0 unspecified atom stereocenters. The van der Waals surface area contributed by atoms with Crippen LogP contribution < -0.4 is 0 Å². The molecule has 3 heteroatoms. The van der Waals surface area contributed by atoms with Gasteiger partial charge in [0.2, 0.25) is 11.8 Å². The van der Waals surface area contributed by atoms with Crippen LogP contribution >= 0.6 is 0 Å². The average molecular weight is 368 g/mol. The van der Waals surface area contributed by atoms with Gasteiger partial charge in [-0.1, -0.05) is 74.9 Å². The largest absolute Gasteiger partial charge is 0.416 e. The van der Waals surface area contributed by atoms with Gasteiger partial charge in [-0.05, 0) is 53.3 Å². The molecule has 0 saturated carbocycles. The molecule has 1 aromatic heterocycles. The molecular formula is C25H24N2O. The minimum absolute atomic E-state index is 0.540.